The van der Waals surface area contributed by atoms with Crippen LogP contribution in [0.1, 0.15) is 16.7 Å². The van der Waals surface area contributed by atoms with E-state index in [1.54, 1.807) is 30.3 Å². The van der Waals surface area contributed by atoms with E-state index < -0.39 is 5.91 Å². The minimum Gasteiger partial charge on any atom is -0.488 e. The number of nitrogens with one attached hydrogen (secondary N) is 1. The van der Waals surface area contributed by atoms with Gasteiger partial charge in [0, 0.05) is 16.3 Å². The fraction of sp³-hybridized carbons (Fsp3) is 0.0833. The zero-order valence-corrected chi connectivity index (χ0v) is 16.6. The molecule has 0 radical (unpaired) electrons. The molecule has 0 fully saturated rings. The fourth-order valence-corrected chi connectivity index (χ4v) is 2.82. The van der Waals surface area contributed by atoms with Crippen LogP contribution in [0, 0.1) is 18.3 Å². The SMILES string of the molecule is Cc1ccc(NC(=O)/C(C#N)=C/c2ccccc2OCc2ccccc2)cc1Cl. The quantitative estimate of drug-likeness (QED) is 0.420. The van der Waals surface area contributed by atoms with Crippen molar-refractivity contribution < 1.29 is 9.53 Å². The Bertz CT molecular complexity index is 1090. The smallest absolute Gasteiger partial charge is 0.266 e. The third-order valence-corrected chi connectivity index (χ3v) is 4.66. The standard InChI is InChI=1S/C24H19ClN2O2/c1-17-11-12-21(14-22(17)25)27-24(28)20(15-26)13-19-9-5-6-10-23(19)29-16-18-7-3-2-4-8-18/h2-14H,16H2,1H3,(H,27,28)/b20-13+. The molecule has 1 N–H and O–H groups in total. The van der Waals surface area contributed by atoms with Crippen LogP contribution in [0.2, 0.25) is 5.02 Å². The number of hydrogen-bond donors (Lipinski definition) is 1. The highest BCUT2D eigenvalue weighted by Crippen LogP contribution is 2.24. The second kappa shape index (κ2) is 9.59. The van der Waals surface area contributed by atoms with Crippen LogP contribution in [0.4, 0.5) is 5.69 Å². The summed E-state index contributed by atoms with van der Waals surface area (Å²) >= 11 is 6.10. The lowest BCUT2D eigenvalue weighted by Gasteiger charge is -2.10. The molecule has 29 heavy (non-hydrogen) atoms. The van der Waals surface area contributed by atoms with Crippen LogP contribution in [-0.2, 0) is 11.4 Å². The predicted octanol–water partition coefficient (Wildman–Crippen LogP) is 5.77. The lowest BCUT2D eigenvalue weighted by Crippen LogP contribution is -2.13. The van der Waals surface area contributed by atoms with Crippen LogP contribution < -0.4 is 10.1 Å². The molecule has 0 spiro atoms. The van der Waals surface area contributed by atoms with Crippen LogP contribution in [0.3, 0.4) is 0 Å². The van der Waals surface area contributed by atoms with Gasteiger partial charge in [0.15, 0.2) is 0 Å². The highest BCUT2D eigenvalue weighted by Gasteiger charge is 2.12. The first kappa shape index (κ1) is 20.2. The number of aryl methyl sites for hydroxylation is 1. The first-order valence-corrected chi connectivity index (χ1v) is 9.39. The largest absolute Gasteiger partial charge is 0.488 e. The maximum atomic E-state index is 12.5. The van der Waals surface area contributed by atoms with Crippen molar-refractivity contribution >= 4 is 29.3 Å². The van der Waals surface area contributed by atoms with E-state index in [1.165, 1.54) is 6.08 Å². The van der Waals surface area contributed by atoms with Crippen molar-refractivity contribution in [2.45, 2.75) is 13.5 Å². The Morgan fingerprint density at radius 3 is 2.55 bits per heavy atom. The van der Waals surface area contributed by atoms with Gasteiger partial charge in [0.2, 0.25) is 0 Å². The molecule has 3 aromatic carbocycles. The molecule has 0 aliphatic rings. The molecule has 0 aromatic heterocycles. The van der Waals surface area contributed by atoms with Gasteiger partial charge in [-0.15, -0.1) is 0 Å². The summed E-state index contributed by atoms with van der Waals surface area (Å²) in [5.41, 5.74) is 3.08. The Balaban J connectivity index is 1.78. The van der Waals surface area contributed by atoms with Gasteiger partial charge in [-0.1, -0.05) is 66.2 Å². The molecule has 4 nitrogen and oxygen atoms in total. The molecule has 0 aliphatic carbocycles. The molecule has 144 valence electrons. The maximum absolute atomic E-state index is 12.5. The molecule has 1 amide bonds. The highest BCUT2D eigenvalue weighted by molar-refractivity contribution is 6.31. The number of benzene rings is 3. The molecular weight excluding hydrogens is 384 g/mol. The molecule has 3 aromatic rings. The molecule has 0 atom stereocenters. The Morgan fingerprint density at radius 2 is 1.83 bits per heavy atom. The van der Waals surface area contributed by atoms with Crippen molar-refractivity contribution in [3.05, 3.63) is 100 Å². The van der Waals surface area contributed by atoms with Crippen molar-refractivity contribution in [2.75, 3.05) is 5.32 Å². The first-order valence-electron chi connectivity index (χ1n) is 9.02. The molecular formula is C24H19ClN2O2. The second-order valence-corrected chi connectivity index (χ2v) is 6.81. The van der Waals surface area contributed by atoms with Crippen LogP contribution in [-0.4, -0.2) is 5.91 Å². The van der Waals surface area contributed by atoms with Crippen LogP contribution >= 0.6 is 11.6 Å². The third-order valence-electron chi connectivity index (χ3n) is 4.25. The number of para-hydroxylation sites is 1. The van der Waals surface area contributed by atoms with Gasteiger partial charge in [0.25, 0.3) is 5.91 Å². The summed E-state index contributed by atoms with van der Waals surface area (Å²) in [5, 5.41) is 12.7. The van der Waals surface area contributed by atoms with E-state index in [1.807, 2.05) is 55.5 Å². The summed E-state index contributed by atoms with van der Waals surface area (Å²) in [7, 11) is 0. The summed E-state index contributed by atoms with van der Waals surface area (Å²) in [6.07, 6.45) is 1.52. The first-order chi connectivity index (χ1) is 14.1. The van der Waals surface area contributed by atoms with Gasteiger partial charge in [0.1, 0.15) is 24.0 Å². The minimum atomic E-state index is -0.509. The number of carbonyl (C=O) groups excluding carboxylic acids is 1. The van der Waals surface area contributed by atoms with Gasteiger partial charge in [-0.3, -0.25) is 4.79 Å². The summed E-state index contributed by atoms with van der Waals surface area (Å²) in [5.74, 6) is 0.0839. The molecule has 0 bridgehead atoms. The predicted molar refractivity (Wildman–Crippen MR) is 116 cm³/mol. The van der Waals surface area contributed by atoms with Crippen molar-refractivity contribution in [1.82, 2.24) is 0 Å². The topological polar surface area (TPSA) is 62.1 Å². The van der Waals surface area contributed by atoms with E-state index in [2.05, 4.69) is 5.32 Å². The average Bonchev–Trinajstić information content (AvgIpc) is 2.74. The summed E-state index contributed by atoms with van der Waals surface area (Å²) in [6, 6.07) is 24.2. The minimum absolute atomic E-state index is 0.0301. The third kappa shape index (κ3) is 5.47. The number of anilines is 1. The lowest BCUT2D eigenvalue weighted by molar-refractivity contribution is -0.112. The van der Waals surface area contributed by atoms with Gasteiger partial charge in [-0.25, -0.2) is 0 Å². The number of hydrogen-bond acceptors (Lipinski definition) is 3. The van der Waals surface area contributed by atoms with Crippen molar-refractivity contribution in [2.24, 2.45) is 0 Å². The van der Waals surface area contributed by atoms with Crippen LogP contribution in [0.15, 0.2) is 78.4 Å². The summed E-state index contributed by atoms with van der Waals surface area (Å²) in [4.78, 5) is 12.5. The van der Waals surface area contributed by atoms with Crippen LogP contribution in [0.5, 0.6) is 5.75 Å². The average molecular weight is 403 g/mol. The van der Waals surface area contributed by atoms with Crippen molar-refractivity contribution in [3.63, 3.8) is 0 Å². The van der Waals surface area contributed by atoms with Gasteiger partial charge < -0.3 is 10.1 Å². The lowest BCUT2D eigenvalue weighted by atomic mass is 10.1. The number of ether oxygens (including phenoxy) is 1. The fourth-order valence-electron chi connectivity index (χ4n) is 2.64. The zero-order chi connectivity index (χ0) is 20.6. The van der Waals surface area contributed by atoms with Gasteiger partial charge in [-0.05, 0) is 42.3 Å². The zero-order valence-electron chi connectivity index (χ0n) is 15.9. The van der Waals surface area contributed by atoms with Crippen molar-refractivity contribution in [3.8, 4) is 11.8 Å². The van der Waals surface area contributed by atoms with Gasteiger partial charge >= 0.3 is 0 Å². The Hall–Kier alpha value is -3.55. The summed E-state index contributed by atoms with van der Waals surface area (Å²) in [6.45, 7) is 2.27. The molecule has 3 rings (SSSR count). The van der Waals surface area contributed by atoms with E-state index in [4.69, 9.17) is 16.3 Å². The monoisotopic (exact) mass is 402 g/mol. The molecule has 0 unspecified atom stereocenters. The Labute approximate surface area is 175 Å². The second-order valence-electron chi connectivity index (χ2n) is 6.40. The highest BCUT2D eigenvalue weighted by atomic mass is 35.5. The number of carbonyl (C=O) groups is 1. The van der Waals surface area contributed by atoms with E-state index in [9.17, 15) is 10.1 Å². The maximum Gasteiger partial charge on any atom is 0.266 e. The molecule has 0 saturated heterocycles. The number of amides is 1. The number of halogens is 1. The molecule has 0 heterocycles. The van der Waals surface area contributed by atoms with E-state index in [0.29, 0.717) is 28.6 Å². The number of nitriles is 1. The Morgan fingerprint density at radius 1 is 1.10 bits per heavy atom. The van der Waals surface area contributed by atoms with E-state index >= 15 is 0 Å². The molecule has 0 aliphatic heterocycles. The molecule has 5 heteroatoms. The van der Waals surface area contributed by atoms with Crippen LogP contribution in [0.25, 0.3) is 6.08 Å². The van der Waals surface area contributed by atoms with E-state index in [-0.39, 0.29) is 5.57 Å². The van der Waals surface area contributed by atoms with Gasteiger partial charge in [-0.2, -0.15) is 5.26 Å². The van der Waals surface area contributed by atoms with Crippen molar-refractivity contribution in [1.29, 1.82) is 5.26 Å². The van der Waals surface area contributed by atoms with E-state index in [0.717, 1.165) is 11.1 Å². The summed E-state index contributed by atoms with van der Waals surface area (Å²) < 4.78 is 5.89. The van der Waals surface area contributed by atoms with Gasteiger partial charge in [0.05, 0.1) is 0 Å². The molecule has 0 saturated carbocycles. The number of rotatable bonds is 6. The Kier molecular flexibility index (Phi) is 6.67. The number of nitrogens with zero attached hydrogens (tertiary/aromatic N) is 1. The normalized spacial score (nSPS) is 10.9.